The Balaban J connectivity index is 4.56. The van der Waals surface area contributed by atoms with E-state index >= 15 is 0 Å². The van der Waals surface area contributed by atoms with Crippen molar-refractivity contribution in [2.24, 2.45) is 16.3 Å². The van der Waals surface area contributed by atoms with Crippen molar-refractivity contribution >= 4 is 11.7 Å². The molecular formula is C9H16F3N3O2. The summed E-state index contributed by atoms with van der Waals surface area (Å²) in [6.45, 7) is 3.92. The average Bonchev–Trinajstić information content (AvgIpc) is 2.12. The molecule has 0 radical (unpaired) electrons. The first kappa shape index (κ1) is 15.5. The summed E-state index contributed by atoms with van der Waals surface area (Å²) in [6.07, 6.45) is -5.49. The molecule has 0 aliphatic carbocycles. The fourth-order valence-electron chi connectivity index (χ4n) is 1.04. The van der Waals surface area contributed by atoms with Gasteiger partial charge in [-0.1, -0.05) is 5.16 Å². The van der Waals surface area contributed by atoms with Crippen molar-refractivity contribution in [1.82, 2.24) is 5.32 Å². The largest absolute Gasteiger partial charge is 0.409 e. The summed E-state index contributed by atoms with van der Waals surface area (Å²) in [6, 6.07) is -1.08. The van der Waals surface area contributed by atoms with E-state index in [4.69, 9.17) is 10.9 Å². The van der Waals surface area contributed by atoms with Gasteiger partial charge in [0.25, 0.3) is 0 Å². The number of rotatable bonds is 4. The van der Waals surface area contributed by atoms with Gasteiger partial charge in [-0.05, 0) is 20.8 Å². The predicted octanol–water partition coefficient (Wildman–Crippen LogP) is 1.22. The van der Waals surface area contributed by atoms with E-state index in [1.165, 1.54) is 20.8 Å². The summed E-state index contributed by atoms with van der Waals surface area (Å²) in [5, 5.41) is 13.3. The van der Waals surface area contributed by atoms with E-state index in [9.17, 15) is 18.0 Å². The predicted molar refractivity (Wildman–Crippen MR) is 55.5 cm³/mol. The van der Waals surface area contributed by atoms with Gasteiger partial charge >= 0.3 is 6.18 Å². The van der Waals surface area contributed by atoms with Gasteiger partial charge in [-0.15, -0.1) is 0 Å². The van der Waals surface area contributed by atoms with Crippen molar-refractivity contribution in [3.8, 4) is 0 Å². The van der Waals surface area contributed by atoms with E-state index in [1.54, 1.807) is 0 Å². The number of hydrogen-bond acceptors (Lipinski definition) is 3. The molecule has 0 fully saturated rings. The second-order valence-electron chi connectivity index (χ2n) is 4.30. The van der Waals surface area contributed by atoms with Crippen LogP contribution in [0.3, 0.4) is 0 Å². The first-order valence-electron chi connectivity index (χ1n) is 4.86. The molecule has 0 saturated carbocycles. The van der Waals surface area contributed by atoms with E-state index in [1.807, 2.05) is 0 Å². The molecule has 100 valence electrons. The lowest BCUT2D eigenvalue weighted by molar-refractivity contribution is -0.142. The Morgan fingerprint density at radius 3 is 2.29 bits per heavy atom. The minimum Gasteiger partial charge on any atom is -0.409 e. The van der Waals surface area contributed by atoms with Crippen LogP contribution >= 0.6 is 0 Å². The smallest absolute Gasteiger partial charge is 0.391 e. The highest BCUT2D eigenvalue weighted by Crippen LogP contribution is 2.22. The lowest BCUT2D eigenvalue weighted by atomic mass is 9.90. The lowest BCUT2D eigenvalue weighted by Crippen LogP contribution is -2.49. The van der Waals surface area contributed by atoms with Crippen LogP contribution in [0.5, 0.6) is 0 Å². The second-order valence-corrected chi connectivity index (χ2v) is 4.30. The van der Waals surface area contributed by atoms with Crippen LogP contribution in [0.15, 0.2) is 5.16 Å². The highest BCUT2D eigenvalue weighted by atomic mass is 19.4. The number of amides is 1. The van der Waals surface area contributed by atoms with E-state index in [2.05, 4.69) is 10.5 Å². The molecule has 0 aromatic rings. The van der Waals surface area contributed by atoms with Crippen LogP contribution < -0.4 is 11.1 Å². The SMILES string of the molecule is CC(CC(F)(F)F)NC(=O)C(C)(C)C(N)=NO. The zero-order valence-corrected chi connectivity index (χ0v) is 9.80. The third-order valence-corrected chi connectivity index (χ3v) is 2.23. The Labute approximate surface area is 96.9 Å². The maximum absolute atomic E-state index is 12.0. The van der Waals surface area contributed by atoms with Crippen molar-refractivity contribution in [2.75, 3.05) is 0 Å². The molecular weight excluding hydrogens is 239 g/mol. The zero-order chi connectivity index (χ0) is 13.9. The summed E-state index contributed by atoms with van der Waals surface area (Å²) in [4.78, 5) is 11.6. The highest BCUT2D eigenvalue weighted by molar-refractivity contribution is 6.05. The number of carbonyl (C=O) groups is 1. The molecule has 0 aliphatic heterocycles. The first-order chi connectivity index (χ1) is 7.50. The maximum Gasteiger partial charge on any atom is 0.391 e. The van der Waals surface area contributed by atoms with Crippen LogP contribution in [0, 0.1) is 5.41 Å². The Hall–Kier alpha value is -1.47. The van der Waals surface area contributed by atoms with Crippen molar-refractivity contribution in [2.45, 2.75) is 39.4 Å². The van der Waals surface area contributed by atoms with Gasteiger partial charge in [-0.3, -0.25) is 4.79 Å². The number of halogens is 3. The third-order valence-electron chi connectivity index (χ3n) is 2.23. The van der Waals surface area contributed by atoms with E-state index in [0.29, 0.717) is 0 Å². The average molecular weight is 255 g/mol. The second kappa shape index (κ2) is 5.24. The van der Waals surface area contributed by atoms with Gasteiger partial charge in [0.2, 0.25) is 5.91 Å². The fourth-order valence-corrected chi connectivity index (χ4v) is 1.04. The van der Waals surface area contributed by atoms with Crippen molar-refractivity contribution < 1.29 is 23.2 Å². The van der Waals surface area contributed by atoms with Gasteiger partial charge in [0.05, 0.1) is 6.42 Å². The number of alkyl halides is 3. The number of nitrogens with two attached hydrogens (primary N) is 1. The van der Waals surface area contributed by atoms with Crippen LogP contribution in [0.1, 0.15) is 27.2 Å². The highest BCUT2D eigenvalue weighted by Gasteiger charge is 2.36. The molecule has 0 bridgehead atoms. The molecule has 4 N–H and O–H groups in total. The Kier molecular flexibility index (Phi) is 4.79. The van der Waals surface area contributed by atoms with Crippen molar-refractivity contribution in [1.29, 1.82) is 0 Å². The number of nitrogens with one attached hydrogen (secondary N) is 1. The molecule has 0 spiro atoms. The van der Waals surface area contributed by atoms with Crippen molar-refractivity contribution in [3.63, 3.8) is 0 Å². The fraction of sp³-hybridized carbons (Fsp3) is 0.778. The molecule has 0 aromatic carbocycles. The summed E-state index contributed by atoms with van der Waals surface area (Å²) in [5.41, 5.74) is 3.91. The van der Waals surface area contributed by atoms with Crippen LogP contribution in [0.25, 0.3) is 0 Å². The molecule has 0 saturated heterocycles. The van der Waals surface area contributed by atoms with Gasteiger partial charge in [0.15, 0.2) is 5.84 Å². The van der Waals surface area contributed by atoms with Crippen LogP contribution in [-0.2, 0) is 4.79 Å². The number of amidine groups is 1. The topological polar surface area (TPSA) is 87.7 Å². The normalized spacial score (nSPS) is 15.5. The lowest BCUT2D eigenvalue weighted by Gasteiger charge is -2.25. The number of hydrogen-bond donors (Lipinski definition) is 3. The van der Waals surface area contributed by atoms with Gasteiger partial charge in [0.1, 0.15) is 5.41 Å². The van der Waals surface area contributed by atoms with Gasteiger partial charge in [-0.25, -0.2) is 0 Å². The van der Waals surface area contributed by atoms with Gasteiger partial charge in [0, 0.05) is 6.04 Å². The van der Waals surface area contributed by atoms with Crippen molar-refractivity contribution in [3.05, 3.63) is 0 Å². The third kappa shape index (κ3) is 4.92. The molecule has 5 nitrogen and oxygen atoms in total. The van der Waals surface area contributed by atoms with E-state index in [0.717, 1.165) is 0 Å². The first-order valence-corrected chi connectivity index (χ1v) is 4.86. The quantitative estimate of drug-likeness (QED) is 0.305. The molecule has 1 amide bonds. The zero-order valence-electron chi connectivity index (χ0n) is 9.80. The summed E-state index contributed by atoms with van der Waals surface area (Å²) < 4.78 is 36.1. The van der Waals surface area contributed by atoms with Crippen LogP contribution in [0.2, 0.25) is 0 Å². The number of oxime groups is 1. The van der Waals surface area contributed by atoms with Gasteiger partial charge in [-0.2, -0.15) is 13.2 Å². The maximum atomic E-state index is 12.0. The molecule has 1 unspecified atom stereocenters. The summed E-state index contributed by atoms with van der Waals surface area (Å²) >= 11 is 0. The Bertz CT molecular complexity index is 313. The number of nitrogens with zero attached hydrogens (tertiary/aromatic N) is 1. The van der Waals surface area contributed by atoms with Crippen LogP contribution in [0.4, 0.5) is 13.2 Å². The molecule has 0 aromatic heterocycles. The molecule has 0 heterocycles. The van der Waals surface area contributed by atoms with E-state index < -0.39 is 30.0 Å². The van der Waals surface area contributed by atoms with Gasteiger partial charge < -0.3 is 16.3 Å². The monoisotopic (exact) mass is 255 g/mol. The molecule has 0 rings (SSSR count). The van der Waals surface area contributed by atoms with Crippen LogP contribution in [-0.4, -0.2) is 29.2 Å². The molecule has 8 heteroatoms. The summed E-state index contributed by atoms with van der Waals surface area (Å²) in [7, 11) is 0. The minimum atomic E-state index is -4.35. The Morgan fingerprint density at radius 1 is 1.47 bits per heavy atom. The Morgan fingerprint density at radius 2 is 1.94 bits per heavy atom. The molecule has 17 heavy (non-hydrogen) atoms. The molecule has 1 atom stereocenters. The minimum absolute atomic E-state index is 0.366. The number of carbonyl (C=O) groups excluding carboxylic acids is 1. The van der Waals surface area contributed by atoms with E-state index in [-0.39, 0.29) is 5.84 Å². The standard InChI is InChI=1S/C9H16F3N3O2/c1-5(4-9(10,11)12)14-7(16)8(2,3)6(13)15-17/h5,17H,4H2,1-3H3,(H2,13,15)(H,14,16). The summed E-state index contributed by atoms with van der Waals surface area (Å²) in [5.74, 6) is -1.10. The molecule has 0 aliphatic rings.